The smallest absolute Gasteiger partial charge is 0.231 e. The SMILES string of the molecule is Cc1nc(NCc2ccc3c(c2)OCO3)cc(C2CC(N)C2)n1.Cl.Cl. The second kappa shape index (κ2) is 8.08. The Hall–Kier alpha value is -1.76. The Morgan fingerprint density at radius 3 is 2.64 bits per heavy atom. The topological polar surface area (TPSA) is 82.3 Å². The molecule has 2 aromatic rings. The van der Waals surface area contributed by atoms with Gasteiger partial charge >= 0.3 is 0 Å². The van der Waals surface area contributed by atoms with Crippen molar-refractivity contribution in [1.29, 1.82) is 0 Å². The van der Waals surface area contributed by atoms with Gasteiger partial charge in [-0.3, -0.25) is 0 Å². The predicted octanol–water partition coefficient (Wildman–Crippen LogP) is 3.17. The molecular weight excluding hydrogens is 363 g/mol. The zero-order valence-corrected chi connectivity index (χ0v) is 15.5. The number of hydrogen-bond donors (Lipinski definition) is 2. The van der Waals surface area contributed by atoms with Crippen LogP contribution in [-0.4, -0.2) is 22.8 Å². The predicted molar refractivity (Wildman–Crippen MR) is 101 cm³/mol. The van der Waals surface area contributed by atoms with Crippen molar-refractivity contribution in [3.05, 3.63) is 41.3 Å². The largest absolute Gasteiger partial charge is 0.454 e. The molecule has 0 spiro atoms. The van der Waals surface area contributed by atoms with Crippen molar-refractivity contribution >= 4 is 30.6 Å². The van der Waals surface area contributed by atoms with E-state index in [0.717, 1.165) is 47.2 Å². The molecule has 3 N–H and O–H groups in total. The van der Waals surface area contributed by atoms with E-state index in [0.29, 0.717) is 25.3 Å². The van der Waals surface area contributed by atoms with Crippen LogP contribution in [0.4, 0.5) is 5.82 Å². The molecule has 1 saturated carbocycles. The van der Waals surface area contributed by atoms with E-state index in [2.05, 4.69) is 15.3 Å². The summed E-state index contributed by atoms with van der Waals surface area (Å²) < 4.78 is 10.7. The second-order valence-corrected chi connectivity index (χ2v) is 6.19. The molecule has 0 atom stereocenters. The van der Waals surface area contributed by atoms with Crippen molar-refractivity contribution in [2.75, 3.05) is 12.1 Å². The monoisotopic (exact) mass is 384 g/mol. The lowest BCUT2D eigenvalue weighted by molar-refractivity contribution is 0.174. The van der Waals surface area contributed by atoms with Crippen LogP contribution in [0.15, 0.2) is 24.3 Å². The van der Waals surface area contributed by atoms with Crippen LogP contribution in [-0.2, 0) is 6.54 Å². The fourth-order valence-corrected chi connectivity index (χ4v) is 3.04. The van der Waals surface area contributed by atoms with Gasteiger partial charge in [-0.1, -0.05) is 6.07 Å². The Balaban J connectivity index is 0.00000113. The van der Waals surface area contributed by atoms with Crippen LogP contribution < -0.4 is 20.5 Å². The second-order valence-electron chi connectivity index (χ2n) is 6.19. The molecule has 1 aliphatic heterocycles. The number of aromatic nitrogens is 2. The van der Waals surface area contributed by atoms with Gasteiger partial charge in [-0.25, -0.2) is 9.97 Å². The van der Waals surface area contributed by atoms with Crippen LogP contribution in [0.25, 0.3) is 0 Å². The lowest BCUT2D eigenvalue weighted by Gasteiger charge is -2.32. The third-order valence-corrected chi connectivity index (χ3v) is 4.36. The standard InChI is InChI=1S/C17H20N4O2.2ClH/c1-10-20-14(12-5-13(18)6-12)7-17(21-10)19-8-11-2-3-15-16(4-11)23-9-22-15;;/h2-4,7,12-13H,5-6,8-9,18H2,1H3,(H,19,20,21);2*1H. The number of anilines is 1. The number of rotatable bonds is 4. The van der Waals surface area contributed by atoms with E-state index in [-0.39, 0.29) is 24.8 Å². The molecule has 0 bridgehead atoms. The first-order chi connectivity index (χ1) is 11.2. The summed E-state index contributed by atoms with van der Waals surface area (Å²) in [6.07, 6.45) is 2.02. The Bertz CT molecular complexity index is 739. The molecule has 8 heteroatoms. The maximum Gasteiger partial charge on any atom is 0.231 e. The minimum atomic E-state index is 0. The molecule has 6 nitrogen and oxygen atoms in total. The fraction of sp³-hybridized carbons (Fsp3) is 0.412. The van der Waals surface area contributed by atoms with Crippen LogP contribution in [0.1, 0.15) is 35.8 Å². The van der Waals surface area contributed by atoms with Crippen LogP contribution in [0.2, 0.25) is 0 Å². The number of fused-ring (bicyclic) bond motifs is 1. The highest BCUT2D eigenvalue weighted by atomic mass is 35.5. The number of halogens is 2. The first-order valence-electron chi connectivity index (χ1n) is 7.91. The molecule has 0 radical (unpaired) electrons. The summed E-state index contributed by atoms with van der Waals surface area (Å²) in [7, 11) is 0. The molecule has 1 aromatic carbocycles. The lowest BCUT2D eigenvalue weighted by Crippen LogP contribution is -2.35. The zero-order chi connectivity index (χ0) is 15.8. The van der Waals surface area contributed by atoms with E-state index in [1.54, 1.807) is 0 Å². The molecular formula is C17H22Cl2N4O2. The summed E-state index contributed by atoms with van der Waals surface area (Å²) in [6.45, 7) is 2.90. The number of benzene rings is 1. The maximum absolute atomic E-state index is 5.88. The average molecular weight is 385 g/mol. The number of aryl methyl sites for hydroxylation is 1. The summed E-state index contributed by atoms with van der Waals surface area (Å²) in [4.78, 5) is 9.02. The maximum atomic E-state index is 5.88. The summed E-state index contributed by atoms with van der Waals surface area (Å²) in [5, 5.41) is 3.37. The van der Waals surface area contributed by atoms with Crippen LogP contribution in [0.3, 0.4) is 0 Å². The Morgan fingerprint density at radius 1 is 1.12 bits per heavy atom. The Kier molecular flexibility index (Phi) is 6.32. The minimum Gasteiger partial charge on any atom is -0.454 e. The Labute approximate surface area is 159 Å². The van der Waals surface area contributed by atoms with E-state index >= 15 is 0 Å². The first kappa shape index (κ1) is 19.6. The molecule has 1 aromatic heterocycles. The highest BCUT2D eigenvalue weighted by Crippen LogP contribution is 2.35. The van der Waals surface area contributed by atoms with E-state index in [1.165, 1.54) is 0 Å². The van der Waals surface area contributed by atoms with Gasteiger partial charge in [0.05, 0.1) is 0 Å². The van der Waals surface area contributed by atoms with Gasteiger partial charge in [0.1, 0.15) is 11.6 Å². The molecule has 0 saturated heterocycles. The van der Waals surface area contributed by atoms with Crippen LogP contribution >= 0.6 is 24.8 Å². The Morgan fingerprint density at radius 2 is 1.88 bits per heavy atom. The van der Waals surface area contributed by atoms with Crippen molar-refractivity contribution in [3.8, 4) is 11.5 Å². The van der Waals surface area contributed by atoms with E-state index in [1.807, 2.05) is 31.2 Å². The summed E-state index contributed by atoms with van der Waals surface area (Å²) >= 11 is 0. The molecule has 0 unspecified atom stereocenters. The number of nitrogens with two attached hydrogens (primary N) is 1. The number of nitrogens with zero attached hydrogens (tertiary/aromatic N) is 2. The van der Waals surface area contributed by atoms with Gasteiger partial charge in [0.25, 0.3) is 0 Å². The van der Waals surface area contributed by atoms with E-state index in [9.17, 15) is 0 Å². The van der Waals surface area contributed by atoms with Crippen molar-refractivity contribution in [2.45, 2.75) is 38.3 Å². The van der Waals surface area contributed by atoms with Gasteiger partial charge in [0.2, 0.25) is 6.79 Å². The molecule has 25 heavy (non-hydrogen) atoms. The van der Waals surface area contributed by atoms with Gasteiger partial charge in [-0.2, -0.15) is 0 Å². The lowest BCUT2D eigenvalue weighted by atomic mass is 9.78. The van der Waals surface area contributed by atoms with Gasteiger partial charge in [-0.05, 0) is 37.5 Å². The quantitative estimate of drug-likeness (QED) is 0.841. The summed E-state index contributed by atoms with van der Waals surface area (Å²) in [5.41, 5.74) is 8.09. The van der Waals surface area contributed by atoms with Gasteiger partial charge < -0.3 is 20.5 Å². The highest BCUT2D eigenvalue weighted by Gasteiger charge is 2.28. The minimum absolute atomic E-state index is 0. The van der Waals surface area contributed by atoms with Gasteiger partial charge in [0, 0.05) is 30.3 Å². The zero-order valence-electron chi connectivity index (χ0n) is 13.9. The first-order valence-corrected chi connectivity index (χ1v) is 7.91. The van der Waals surface area contributed by atoms with Crippen LogP contribution in [0, 0.1) is 6.92 Å². The third kappa shape index (κ3) is 4.26. The fourth-order valence-electron chi connectivity index (χ4n) is 3.04. The highest BCUT2D eigenvalue weighted by molar-refractivity contribution is 5.85. The molecule has 1 aliphatic carbocycles. The number of hydrogen-bond acceptors (Lipinski definition) is 6. The van der Waals surface area contributed by atoms with E-state index in [4.69, 9.17) is 15.2 Å². The van der Waals surface area contributed by atoms with Gasteiger partial charge in [-0.15, -0.1) is 24.8 Å². The van der Waals surface area contributed by atoms with Crippen molar-refractivity contribution in [2.24, 2.45) is 5.73 Å². The number of nitrogens with one attached hydrogen (secondary N) is 1. The van der Waals surface area contributed by atoms with Gasteiger partial charge in [0.15, 0.2) is 11.5 Å². The van der Waals surface area contributed by atoms with Crippen molar-refractivity contribution < 1.29 is 9.47 Å². The van der Waals surface area contributed by atoms with Crippen molar-refractivity contribution in [1.82, 2.24) is 9.97 Å². The molecule has 1 fully saturated rings. The summed E-state index contributed by atoms with van der Waals surface area (Å²) in [5.74, 6) is 3.71. The molecule has 2 aliphatic rings. The van der Waals surface area contributed by atoms with Crippen molar-refractivity contribution in [3.63, 3.8) is 0 Å². The van der Waals surface area contributed by atoms with E-state index < -0.39 is 0 Å². The van der Waals surface area contributed by atoms with Crippen LogP contribution in [0.5, 0.6) is 11.5 Å². The molecule has 4 rings (SSSR count). The number of ether oxygens (including phenoxy) is 2. The normalized spacial score (nSPS) is 20.1. The summed E-state index contributed by atoms with van der Waals surface area (Å²) in [6, 6.07) is 8.32. The average Bonchev–Trinajstić information content (AvgIpc) is 2.97. The molecule has 136 valence electrons. The third-order valence-electron chi connectivity index (χ3n) is 4.36. The molecule has 0 amide bonds. The molecule has 2 heterocycles.